The van der Waals surface area contributed by atoms with Crippen LogP contribution < -0.4 is 4.74 Å². The van der Waals surface area contributed by atoms with Crippen molar-refractivity contribution in [3.8, 4) is 16.9 Å². The molecule has 4 nitrogen and oxygen atoms in total. The number of rotatable bonds is 3. The topological polar surface area (TPSA) is 52.4 Å². The van der Waals surface area contributed by atoms with Crippen molar-refractivity contribution in [2.24, 2.45) is 0 Å². The summed E-state index contributed by atoms with van der Waals surface area (Å²) in [6.07, 6.45) is -4.86. The molecule has 0 amide bonds. The van der Waals surface area contributed by atoms with Gasteiger partial charge in [-0.05, 0) is 17.7 Å². The average Bonchev–Trinajstić information content (AvgIpc) is 2.36. The molecule has 0 aromatic heterocycles. The highest BCUT2D eigenvalue weighted by Gasteiger charge is 2.32. The molecular weight excluding hydrogens is 311 g/mol. The van der Waals surface area contributed by atoms with Gasteiger partial charge in [-0.1, -0.05) is 29.8 Å². The van der Waals surface area contributed by atoms with Crippen molar-refractivity contribution >= 4 is 17.3 Å². The molecule has 0 fully saturated rings. The van der Waals surface area contributed by atoms with Crippen LogP contribution in [0.15, 0.2) is 42.5 Å². The minimum atomic E-state index is -4.86. The Kier molecular flexibility index (Phi) is 4.04. The summed E-state index contributed by atoms with van der Waals surface area (Å²) < 4.78 is 41.0. The third kappa shape index (κ3) is 3.85. The third-order valence-electron chi connectivity index (χ3n) is 2.52. The van der Waals surface area contributed by atoms with Crippen molar-refractivity contribution in [2.75, 3.05) is 0 Å². The predicted molar refractivity (Wildman–Crippen MR) is 70.2 cm³/mol. The molecule has 0 spiro atoms. The summed E-state index contributed by atoms with van der Waals surface area (Å²) in [5, 5.41) is 10.8. The number of ether oxygens (including phenoxy) is 1. The molecule has 0 unspecified atom stereocenters. The number of nitro benzene ring substituents is 1. The van der Waals surface area contributed by atoms with Gasteiger partial charge in [0.15, 0.2) is 0 Å². The van der Waals surface area contributed by atoms with Gasteiger partial charge in [-0.15, -0.1) is 13.2 Å². The molecule has 110 valence electrons. The van der Waals surface area contributed by atoms with E-state index in [0.29, 0.717) is 0 Å². The molecule has 0 aliphatic rings. The molecule has 8 heteroatoms. The zero-order chi connectivity index (χ0) is 15.6. The maximum Gasteiger partial charge on any atom is 0.573 e. The van der Waals surface area contributed by atoms with Crippen LogP contribution in [0, 0.1) is 10.1 Å². The van der Waals surface area contributed by atoms with Gasteiger partial charge in [0.2, 0.25) is 0 Å². The van der Waals surface area contributed by atoms with E-state index in [-0.39, 0.29) is 21.8 Å². The molecule has 2 rings (SSSR count). The summed E-state index contributed by atoms with van der Waals surface area (Å²) in [5.41, 5.74) is -0.103. The van der Waals surface area contributed by atoms with E-state index in [0.717, 1.165) is 18.2 Å². The molecule has 0 radical (unpaired) electrons. The number of alkyl halides is 3. The van der Waals surface area contributed by atoms with E-state index >= 15 is 0 Å². The standard InChI is InChI=1S/C13H7ClF3NO3/c14-9-5-8(6-10(7-9)18(19)20)11-3-1-2-4-12(11)21-13(15,16)17/h1-7H. The zero-order valence-electron chi connectivity index (χ0n) is 10.2. The van der Waals surface area contributed by atoms with Crippen LogP contribution in [0.3, 0.4) is 0 Å². The molecule has 0 N–H and O–H groups in total. The first-order valence-corrected chi connectivity index (χ1v) is 5.94. The first kappa shape index (κ1) is 15.1. The van der Waals surface area contributed by atoms with E-state index < -0.39 is 17.0 Å². The molecule has 0 saturated carbocycles. The van der Waals surface area contributed by atoms with Gasteiger partial charge in [-0.3, -0.25) is 10.1 Å². The van der Waals surface area contributed by atoms with Gasteiger partial charge in [0.1, 0.15) is 5.75 Å². The van der Waals surface area contributed by atoms with Crippen LogP contribution in [0.25, 0.3) is 11.1 Å². The second kappa shape index (κ2) is 5.61. The van der Waals surface area contributed by atoms with E-state index in [9.17, 15) is 23.3 Å². The van der Waals surface area contributed by atoms with Gasteiger partial charge in [-0.2, -0.15) is 0 Å². The fraction of sp³-hybridized carbons (Fsp3) is 0.0769. The SMILES string of the molecule is O=[N+]([O-])c1cc(Cl)cc(-c2ccccc2OC(F)(F)F)c1. The Morgan fingerprint density at radius 1 is 1.14 bits per heavy atom. The van der Waals surface area contributed by atoms with Crippen molar-refractivity contribution in [2.45, 2.75) is 6.36 Å². The lowest BCUT2D eigenvalue weighted by atomic mass is 10.0. The second-order valence-electron chi connectivity index (χ2n) is 4.00. The van der Waals surface area contributed by atoms with E-state index in [4.69, 9.17) is 11.6 Å². The van der Waals surface area contributed by atoms with Crippen LogP contribution in [0.2, 0.25) is 5.02 Å². The molecule has 0 saturated heterocycles. The highest BCUT2D eigenvalue weighted by molar-refractivity contribution is 6.31. The van der Waals surface area contributed by atoms with Crippen molar-refractivity contribution in [3.05, 3.63) is 57.6 Å². The molecule has 0 bridgehead atoms. The third-order valence-corrected chi connectivity index (χ3v) is 2.74. The first-order chi connectivity index (χ1) is 9.76. The van der Waals surface area contributed by atoms with Crippen LogP contribution >= 0.6 is 11.6 Å². The van der Waals surface area contributed by atoms with Crippen LogP contribution in [0.4, 0.5) is 18.9 Å². The Morgan fingerprint density at radius 2 is 1.81 bits per heavy atom. The van der Waals surface area contributed by atoms with Gasteiger partial charge < -0.3 is 4.74 Å². The summed E-state index contributed by atoms with van der Waals surface area (Å²) in [7, 11) is 0. The molecule has 0 aliphatic carbocycles. The Labute approximate surface area is 121 Å². The second-order valence-corrected chi connectivity index (χ2v) is 4.44. The van der Waals surface area contributed by atoms with Crippen LogP contribution in [-0.4, -0.2) is 11.3 Å². The Morgan fingerprint density at radius 3 is 2.43 bits per heavy atom. The lowest BCUT2D eigenvalue weighted by molar-refractivity contribution is -0.384. The number of benzene rings is 2. The van der Waals surface area contributed by atoms with Crippen molar-refractivity contribution in [3.63, 3.8) is 0 Å². The lowest BCUT2D eigenvalue weighted by Gasteiger charge is -2.13. The Bertz CT molecular complexity index is 689. The van der Waals surface area contributed by atoms with Crippen LogP contribution in [0.1, 0.15) is 0 Å². The molecule has 21 heavy (non-hydrogen) atoms. The molecule has 2 aromatic carbocycles. The van der Waals surface area contributed by atoms with Crippen molar-refractivity contribution in [1.82, 2.24) is 0 Å². The number of hydrogen-bond donors (Lipinski definition) is 0. The number of nitro groups is 1. The maximum absolute atomic E-state index is 12.4. The first-order valence-electron chi connectivity index (χ1n) is 5.56. The van der Waals surface area contributed by atoms with Gasteiger partial charge in [-0.25, -0.2) is 0 Å². The Balaban J connectivity index is 2.54. The average molecular weight is 318 g/mol. The number of halogens is 4. The van der Waals surface area contributed by atoms with Crippen LogP contribution in [-0.2, 0) is 0 Å². The lowest BCUT2D eigenvalue weighted by Crippen LogP contribution is -2.17. The quantitative estimate of drug-likeness (QED) is 0.602. The van der Waals surface area contributed by atoms with Gasteiger partial charge in [0.25, 0.3) is 5.69 Å². The summed E-state index contributed by atoms with van der Waals surface area (Å²) >= 11 is 5.76. The summed E-state index contributed by atoms with van der Waals surface area (Å²) in [5.74, 6) is -0.457. The predicted octanol–water partition coefficient (Wildman–Crippen LogP) is 4.81. The van der Waals surface area contributed by atoms with E-state index in [1.807, 2.05) is 0 Å². The maximum atomic E-state index is 12.4. The number of para-hydroxylation sites is 1. The van der Waals surface area contributed by atoms with Gasteiger partial charge in [0.05, 0.1) is 4.92 Å². The molecule has 2 aromatic rings. The monoisotopic (exact) mass is 317 g/mol. The van der Waals surface area contributed by atoms with E-state index in [2.05, 4.69) is 4.74 Å². The fourth-order valence-corrected chi connectivity index (χ4v) is 1.98. The highest BCUT2D eigenvalue weighted by Crippen LogP contribution is 2.36. The van der Waals surface area contributed by atoms with Gasteiger partial charge >= 0.3 is 6.36 Å². The van der Waals surface area contributed by atoms with Crippen LogP contribution in [0.5, 0.6) is 5.75 Å². The molecule has 0 atom stereocenters. The number of nitrogens with zero attached hydrogens (tertiary/aromatic N) is 1. The zero-order valence-corrected chi connectivity index (χ0v) is 11.0. The largest absolute Gasteiger partial charge is 0.573 e. The highest BCUT2D eigenvalue weighted by atomic mass is 35.5. The minimum absolute atomic E-state index is 0.0426. The van der Waals surface area contributed by atoms with Crippen molar-refractivity contribution in [1.29, 1.82) is 0 Å². The normalized spacial score (nSPS) is 11.2. The number of hydrogen-bond acceptors (Lipinski definition) is 3. The Hall–Kier alpha value is -2.28. The van der Waals surface area contributed by atoms with Gasteiger partial charge in [0, 0.05) is 22.7 Å². The molecular formula is C13H7ClF3NO3. The van der Waals surface area contributed by atoms with E-state index in [1.54, 1.807) is 0 Å². The van der Waals surface area contributed by atoms with Crippen molar-refractivity contribution < 1.29 is 22.8 Å². The molecule has 0 heterocycles. The minimum Gasteiger partial charge on any atom is -0.405 e. The smallest absolute Gasteiger partial charge is 0.405 e. The summed E-state index contributed by atoms with van der Waals surface area (Å²) in [6, 6.07) is 8.90. The summed E-state index contributed by atoms with van der Waals surface area (Å²) in [4.78, 5) is 10.1. The fourth-order valence-electron chi connectivity index (χ4n) is 1.75. The van der Waals surface area contributed by atoms with E-state index in [1.165, 1.54) is 24.3 Å². The molecule has 0 aliphatic heterocycles. The summed E-state index contributed by atoms with van der Waals surface area (Å²) in [6.45, 7) is 0. The number of non-ortho nitro benzene ring substituents is 1.